The summed E-state index contributed by atoms with van der Waals surface area (Å²) in [6.45, 7) is 5.23. The van der Waals surface area contributed by atoms with Gasteiger partial charge in [-0.25, -0.2) is 8.42 Å². The second kappa shape index (κ2) is 9.40. The molecule has 1 aromatic heterocycles. The lowest BCUT2D eigenvalue weighted by molar-refractivity contribution is -0.163. The van der Waals surface area contributed by atoms with Crippen molar-refractivity contribution in [1.29, 1.82) is 0 Å². The smallest absolute Gasteiger partial charge is 0.325 e. The van der Waals surface area contributed by atoms with Crippen LogP contribution in [0.1, 0.15) is 46.0 Å². The third kappa shape index (κ3) is 4.51. The lowest BCUT2D eigenvalue weighted by Crippen LogP contribution is -2.50. The van der Waals surface area contributed by atoms with Crippen molar-refractivity contribution in [3.05, 3.63) is 18.2 Å². The van der Waals surface area contributed by atoms with Gasteiger partial charge in [0.05, 0.1) is 11.7 Å². The number of piperidine rings is 2. The van der Waals surface area contributed by atoms with E-state index in [9.17, 15) is 18.0 Å². The van der Waals surface area contributed by atoms with Crippen LogP contribution in [0.2, 0.25) is 0 Å². The Hall–Kier alpha value is -2.11. The molecule has 32 heavy (non-hydrogen) atoms. The summed E-state index contributed by atoms with van der Waals surface area (Å²) < 4.78 is 41.9. The van der Waals surface area contributed by atoms with Gasteiger partial charge in [0.15, 0.2) is 6.10 Å². The number of carbonyl (C=O) groups excluding carboxylic acids is 2. The zero-order chi connectivity index (χ0) is 22.9. The van der Waals surface area contributed by atoms with E-state index >= 15 is 0 Å². The fourth-order valence-electron chi connectivity index (χ4n) is 4.33. The monoisotopic (exact) mass is 480 g/mol. The Kier molecular flexibility index (Phi) is 6.78. The van der Waals surface area contributed by atoms with Gasteiger partial charge in [0.1, 0.15) is 22.0 Å². The van der Waals surface area contributed by atoms with E-state index in [0.29, 0.717) is 49.3 Å². The van der Waals surface area contributed by atoms with Gasteiger partial charge >= 0.3 is 5.97 Å². The lowest BCUT2D eigenvalue weighted by atomic mass is 9.99. The van der Waals surface area contributed by atoms with E-state index in [4.69, 9.17) is 4.74 Å². The zero-order valence-corrected chi connectivity index (χ0v) is 19.9. The molecule has 0 N–H and O–H groups in total. The van der Waals surface area contributed by atoms with Crippen LogP contribution in [0.4, 0.5) is 0 Å². The first-order valence-electron chi connectivity index (χ1n) is 11.0. The van der Waals surface area contributed by atoms with Gasteiger partial charge in [0.2, 0.25) is 10.0 Å². The molecule has 0 radical (unpaired) electrons. The molecule has 0 aliphatic carbocycles. The number of carbonyl (C=O) groups is 2. The number of nitrogens with zero attached hydrogens (tertiary/aromatic N) is 4. The van der Waals surface area contributed by atoms with E-state index in [2.05, 4.69) is 15.7 Å². The van der Waals surface area contributed by atoms with Crippen LogP contribution in [0.25, 0.3) is 11.0 Å². The summed E-state index contributed by atoms with van der Waals surface area (Å²) in [6.07, 6.45) is 2.62. The van der Waals surface area contributed by atoms with Crippen LogP contribution in [0, 0.1) is 5.92 Å². The molecular weight excluding hydrogens is 452 g/mol. The number of sulfonamides is 1. The maximum absolute atomic E-state index is 13.5. The molecule has 2 aliphatic heterocycles. The standard InChI is InChI=1S/C21H28N4O5S2/c1-14-9-12-24(13-10-14)20(26)15(2)30-21(27)17-7-3-4-11-25(17)32(28,29)18-8-5-6-16-19(18)23-31-22-16/h5-6,8,14-15,17H,3-4,7,9-13H2,1-2H3. The molecule has 2 aliphatic rings. The summed E-state index contributed by atoms with van der Waals surface area (Å²) in [5.74, 6) is -0.327. The van der Waals surface area contributed by atoms with Crippen molar-refractivity contribution in [3.63, 3.8) is 0 Å². The Morgan fingerprint density at radius 2 is 1.88 bits per heavy atom. The number of hydrogen-bond acceptors (Lipinski definition) is 8. The first-order chi connectivity index (χ1) is 15.3. The van der Waals surface area contributed by atoms with Crippen LogP contribution < -0.4 is 0 Å². The molecule has 11 heteroatoms. The number of fused-ring (bicyclic) bond motifs is 1. The molecule has 1 aromatic carbocycles. The average Bonchev–Trinajstić information content (AvgIpc) is 3.28. The number of rotatable bonds is 5. The minimum Gasteiger partial charge on any atom is -0.451 e. The third-order valence-electron chi connectivity index (χ3n) is 6.30. The molecule has 1 amide bonds. The van der Waals surface area contributed by atoms with E-state index in [-0.39, 0.29) is 17.3 Å². The van der Waals surface area contributed by atoms with Crippen LogP contribution in [0.5, 0.6) is 0 Å². The Bertz CT molecular complexity index is 1090. The van der Waals surface area contributed by atoms with Crippen LogP contribution in [0.3, 0.4) is 0 Å². The highest BCUT2D eigenvalue weighted by molar-refractivity contribution is 7.89. The predicted molar refractivity (Wildman–Crippen MR) is 119 cm³/mol. The quantitative estimate of drug-likeness (QED) is 0.605. The Balaban J connectivity index is 1.51. The zero-order valence-electron chi connectivity index (χ0n) is 18.3. The van der Waals surface area contributed by atoms with E-state index in [1.807, 2.05) is 0 Å². The van der Waals surface area contributed by atoms with Gasteiger partial charge in [-0.3, -0.25) is 9.59 Å². The molecule has 0 spiro atoms. The van der Waals surface area contributed by atoms with E-state index < -0.39 is 28.1 Å². The Morgan fingerprint density at radius 3 is 2.62 bits per heavy atom. The molecular formula is C21H28N4O5S2. The third-order valence-corrected chi connectivity index (χ3v) is 8.78. The van der Waals surface area contributed by atoms with Crippen molar-refractivity contribution < 1.29 is 22.7 Å². The maximum atomic E-state index is 13.5. The second-order valence-electron chi connectivity index (χ2n) is 8.60. The van der Waals surface area contributed by atoms with Crippen molar-refractivity contribution in [2.24, 2.45) is 5.92 Å². The van der Waals surface area contributed by atoms with Crippen molar-refractivity contribution in [2.45, 2.75) is 63.0 Å². The molecule has 2 unspecified atom stereocenters. The summed E-state index contributed by atoms with van der Waals surface area (Å²) in [5.41, 5.74) is 0.806. The minimum atomic E-state index is -3.99. The number of hydrogen-bond donors (Lipinski definition) is 0. The molecule has 2 aromatic rings. The summed E-state index contributed by atoms with van der Waals surface area (Å²) in [7, 11) is -3.99. The van der Waals surface area contributed by atoms with E-state index in [0.717, 1.165) is 24.6 Å². The average molecular weight is 481 g/mol. The number of amides is 1. The summed E-state index contributed by atoms with van der Waals surface area (Å²) in [4.78, 5) is 27.5. The molecule has 2 saturated heterocycles. The van der Waals surface area contributed by atoms with Gasteiger partial charge in [-0.2, -0.15) is 13.1 Å². The molecule has 0 saturated carbocycles. The first-order valence-corrected chi connectivity index (χ1v) is 13.2. The summed E-state index contributed by atoms with van der Waals surface area (Å²) in [6, 6.07) is 3.84. The normalized spacial score (nSPS) is 22.1. The molecule has 3 heterocycles. The molecule has 2 atom stereocenters. The van der Waals surface area contributed by atoms with Crippen molar-refractivity contribution in [2.75, 3.05) is 19.6 Å². The predicted octanol–water partition coefficient (Wildman–Crippen LogP) is 2.42. The highest BCUT2D eigenvalue weighted by Gasteiger charge is 2.41. The van der Waals surface area contributed by atoms with Gasteiger partial charge in [-0.1, -0.05) is 13.0 Å². The fourth-order valence-corrected chi connectivity index (χ4v) is 6.73. The van der Waals surface area contributed by atoms with Crippen molar-refractivity contribution >= 4 is 44.7 Å². The van der Waals surface area contributed by atoms with Crippen LogP contribution in [-0.2, 0) is 24.3 Å². The van der Waals surface area contributed by atoms with Crippen molar-refractivity contribution in [3.8, 4) is 0 Å². The highest BCUT2D eigenvalue weighted by atomic mass is 32.2. The van der Waals surface area contributed by atoms with Gasteiger partial charge in [0.25, 0.3) is 5.91 Å². The number of benzene rings is 1. The lowest BCUT2D eigenvalue weighted by Gasteiger charge is -2.35. The minimum absolute atomic E-state index is 0.0370. The maximum Gasteiger partial charge on any atom is 0.325 e. The van der Waals surface area contributed by atoms with E-state index in [1.54, 1.807) is 24.0 Å². The number of likely N-dealkylation sites (tertiary alicyclic amines) is 1. The van der Waals surface area contributed by atoms with Gasteiger partial charge in [0, 0.05) is 19.6 Å². The number of aromatic nitrogens is 2. The molecule has 0 bridgehead atoms. The summed E-state index contributed by atoms with van der Waals surface area (Å²) in [5, 5.41) is 0. The van der Waals surface area contributed by atoms with Crippen LogP contribution in [0.15, 0.2) is 23.1 Å². The van der Waals surface area contributed by atoms with Crippen LogP contribution in [-0.4, -0.2) is 70.0 Å². The SMILES string of the molecule is CC1CCN(C(=O)C(C)OC(=O)C2CCCCN2S(=O)(=O)c2cccc3nsnc23)CC1. The summed E-state index contributed by atoms with van der Waals surface area (Å²) >= 11 is 0.945. The second-order valence-corrected chi connectivity index (χ2v) is 11.0. The highest BCUT2D eigenvalue weighted by Crippen LogP contribution is 2.30. The number of esters is 1. The largest absolute Gasteiger partial charge is 0.451 e. The van der Waals surface area contributed by atoms with Gasteiger partial charge < -0.3 is 9.64 Å². The first kappa shape index (κ1) is 23.1. The van der Waals surface area contributed by atoms with Gasteiger partial charge in [-0.05, 0) is 57.1 Å². The number of ether oxygens (including phenoxy) is 1. The molecule has 4 rings (SSSR count). The van der Waals surface area contributed by atoms with Crippen molar-refractivity contribution in [1.82, 2.24) is 18.0 Å². The van der Waals surface area contributed by atoms with Gasteiger partial charge in [-0.15, -0.1) is 0 Å². The fraction of sp³-hybridized carbons (Fsp3) is 0.619. The molecule has 9 nitrogen and oxygen atoms in total. The van der Waals surface area contributed by atoms with Crippen LogP contribution >= 0.6 is 11.7 Å². The Morgan fingerprint density at radius 1 is 1.12 bits per heavy atom. The van der Waals surface area contributed by atoms with E-state index in [1.165, 1.54) is 10.4 Å². The molecule has 2 fully saturated rings. The molecule has 174 valence electrons. The topological polar surface area (TPSA) is 110 Å². The Labute approximate surface area is 192 Å².